The number of ether oxygens (including phenoxy) is 1. The molecule has 2 N–H and O–H groups in total. The highest BCUT2D eigenvalue weighted by molar-refractivity contribution is 7.10. The third-order valence-electron chi connectivity index (χ3n) is 6.87. The van der Waals surface area contributed by atoms with Gasteiger partial charge in [0.1, 0.15) is 17.0 Å². The van der Waals surface area contributed by atoms with Crippen LogP contribution in [0.1, 0.15) is 70.9 Å². The second kappa shape index (κ2) is 10.1. The summed E-state index contributed by atoms with van der Waals surface area (Å²) in [5, 5.41) is 8.05. The first-order valence-electron chi connectivity index (χ1n) is 12.2. The maximum absolute atomic E-state index is 13.6. The number of rotatable bonds is 5. The SMILES string of the molecule is Cc1cccc(C(=O)N/C(=C\c2cccs2)C(=O)N[C@@H]2CC3(CCCCC3)Oc3ccccc32)c1. The van der Waals surface area contributed by atoms with E-state index in [0.29, 0.717) is 5.56 Å². The van der Waals surface area contributed by atoms with Gasteiger partial charge in [-0.15, -0.1) is 11.3 Å². The van der Waals surface area contributed by atoms with Crippen LogP contribution in [0, 0.1) is 6.92 Å². The summed E-state index contributed by atoms with van der Waals surface area (Å²) in [5.74, 6) is 0.244. The van der Waals surface area contributed by atoms with Crippen LogP contribution in [-0.2, 0) is 4.79 Å². The maximum atomic E-state index is 13.6. The van der Waals surface area contributed by atoms with E-state index in [1.807, 2.05) is 66.9 Å². The van der Waals surface area contributed by atoms with Crippen LogP contribution in [0.3, 0.4) is 0 Å². The van der Waals surface area contributed by atoms with Crippen molar-refractivity contribution in [2.75, 3.05) is 0 Å². The van der Waals surface area contributed by atoms with Crippen molar-refractivity contribution in [2.45, 2.75) is 57.1 Å². The highest BCUT2D eigenvalue weighted by Gasteiger charge is 2.42. The molecule has 2 heterocycles. The summed E-state index contributed by atoms with van der Waals surface area (Å²) in [4.78, 5) is 27.5. The Morgan fingerprint density at radius 1 is 1.03 bits per heavy atom. The number of carbonyl (C=O) groups excluding carboxylic acids is 2. The molecule has 5 nitrogen and oxygen atoms in total. The Bertz CT molecular complexity index is 1240. The largest absolute Gasteiger partial charge is 0.487 e. The van der Waals surface area contributed by atoms with E-state index in [9.17, 15) is 9.59 Å². The third-order valence-corrected chi connectivity index (χ3v) is 7.69. The van der Waals surface area contributed by atoms with Crippen molar-refractivity contribution in [3.05, 3.63) is 93.3 Å². The molecule has 35 heavy (non-hydrogen) atoms. The number of amides is 2. The van der Waals surface area contributed by atoms with E-state index < -0.39 is 0 Å². The molecule has 1 aliphatic carbocycles. The van der Waals surface area contributed by atoms with E-state index >= 15 is 0 Å². The number of fused-ring (bicyclic) bond motifs is 1. The lowest BCUT2D eigenvalue weighted by Gasteiger charge is -2.44. The van der Waals surface area contributed by atoms with E-state index in [-0.39, 0.29) is 29.2 Å². The average Bonchev–Trinajstić information content (AvgIpc) is 3.37. The monoisotopic (exact) mass is 486 g/mol. The minimum absolute atomic E-state index is 0.187. The minimum Gasteiger partial charge on any atom is -0.487 e. The van der Waals surface area contributed by atoms with Crippen LogP contribution in [-0.4, -0.2) is 17.4 Å². The van der Waals surface area contributed by atoms with Crippen LogP contribution in [0.25, 0.3) is 6.08 Å². The van der Waals surface area contributed by atoms with Crippen LogP contribution in [0.15, 0.2) is 71.7 Å². The molecule has 3 aromatic rings. The summed E-state index contributed by atoms with van der Waals surface area (Å²) in [6.07, 6.45) is 7.97. The van der Waals surface area contributed by atoms with Gasteiger partial charge in [-0.3, -0.25) is 9.59 Å². The highest BCUT2D eigenvalue weighted by atomic mass is 32.1. The zero-order chi connectivity index (χ0) is 24.3. The number of thiophene rings is 1. The molecule has 0 bridgehead atoms. The Hall–Kier alpha value is -3.38. The number of carbonyl (C=O) groups is 2. The van der Waals surface area contributed by atoms with Gasteiger partial charge in [0.05, 0.1) is 6.04 Å². The average molecular weight is 487 g/mol. The predicted molar refractivity (Wildman–Crippen MR) is 139 cm³/mol. The molecule has 2 aliphatic rings. The van der Waals surface area contributed by atoms with Crippen molar-refractivity contribution in [3.63, 3.8) is 0 Å². The summed E-state index contributed by atoms with van der Waals surface area (Å²) in [5.41, 5.74) is 2.49. The van der Waals surface area contributed by atoms with E-state index in [0.717, 1.165) is 53.9 Å². The zero-order valence-electron chi connectivity index (χ0n) is 19.9. The molecule has 1 aliphatic heterocycles. The first kappa shape index (κ1) is 23.4. The van der Waals surface area contributed by atoms with Crippen molar-refractivity contribution in [3.8, 4) is 5.75 Å². The van der Waals surface area contributed by atoms with Gasteiger partial charge in [0.15, 0.2) is 0 Å². The lowest BCUT2D eigenvalue weighted by atomic mass is 9.77. The summed E-state index contributed by atoms with van der Waals surface area (Å²) in [6, 6.07) is 19.0. The number of aryl methyl sites for hydroxylation is 1. The van der Waals surface area contributed by atoms with Crippen molar-refractivity contribution < 1.29 is 14.3 Å². The topological polar surface area (TPSA) is 67.4 Å². The Balaban J connectivity index is 1.42. The van der Waals surface area contributed by atoms with Crippen molar-refractivity contribution in [1.82, 2.24) is 10.6 Å². The summed E-state index contributed by atoms with van der Waals surface area (Å²) in [7, 11) is 0. The summed E-state index contributed by atoms with van der Waals surface area (Å²) >= 11 is 1.52. The highest BCUT2D eigenvalue weighted by Crippen LogP contribution is 2.46. The lowest BCUT2D eigenvalue weighted by Crippen LogP contribution is -2.47. The molecular formula is C29H30N2O3S. The van der Waals surface area contributed by atoms with Gasteiger partial charge in [0, 0.05) is 22.4 Å². The molecule has 2 amide bonds. The van der Waals surface area contributed by atoms with Crippen LogP contribution < -0.4 is 15.4 Å². The first-order valence-corrected chi connectivity index (χ1v) is 13.1. The van der Waals surface area contributed by atoms with Crippen LogP contribution >= 0.6 is 11.3 Å². The Labute approximate surface area is 210 Å². The Kier molecular flexibility index (Phi) is 6.73. The van der Waals surface area contributed by atoms with E-state index in [4.69, 9.17) is 4.74 Å². The number of para-hydroxylation sites is 1. The van der Waals surface area contributed by atoms with E-state index in [1.54, 1.807) is 12.1 Å². The number of nitrogens with one attached hydrogen (secondary N) is 2. The van der Waals surface area contributed by atoms with Crippen LogP contribution in [0.4, 0.5) is 0 Å². The Morgan fingerprint density at radius 2 is 1.86 bits per heavy atom. The zero-order valence-corrected chi connectivity index (χ0v) is 20.7. The molecule has 5 rings (SSSR count). The quantitative estimate of drug-likeness (QED) is 0.424. The van der Waals surface area contributed by atoms with Crippen LogP contribution in [0.2, 0.25) is 0 Å². The fourth-order valence-corrected chi connectivity index (χ4v) is 5.80. The number of hydrogen-bond donors (Lipinski definition) is 2. The van der Waals surface area contributed by atoms with Gasteiger partial charge in [-0.05, 0) is 68.3 Å². The minimum atomic E-state index is -0.303. The fraction of sp³-hybridized carbons (Fsp3) is 0.310. The normalized spacial score (nSPS) is 18.9. The van der Waals surface area contributed by atoms with Crippen LogP contribution in [0.5, 0.6) is 5.75 Å². The molecule has 0 unspecified atom stereocenters. The van der Waals surface area contributed by atoms with Gasteiger partial charge in [0.2, 0.25) is 0 Å². The lowest BCUT2D eigenvalue weighted by molar-refractivity contribution is -0.119. The fourth-order valence-electron chi connectivity index (χ4n) is 5.14. The summed E-state index contributed by atoms with van der Waals surface area (Å²) < 4.78 is 6.52. The molecule has 1 fully saturated rings. The molecule has 6 heteroatoms. The van der Waals surface area contributed by atoms with Gasteiger partial charge in [0.25, 0.3) is 11.8 Å². The molecule has 0 saturated heterocycles. The van der Waals surface area contributed by atoms with Crippen molar-refractivity contribution in [2.24, 2.45) is 0 Å². The molecule has 1 spiro atoms. The second-order valence-electron chi connectivity index (χ2n) is 9.51. The van der Waals surface area contributed by atoms with Gasteiger partial charge in [-0.25, -0.2) is 0 Å². The van der Waals surface area contributed by atoms with Gasteiger partial charge in [-0.1, -0.05) is 48.4 Å². The molecule has 2 aromatic carbocycles. The molecular weight excluding hydrogens is 456 g/mol. The molecule has 1 saturated carbocycles. The molecule has 0 radical (unpaired) electrons. The molecule has 1 aromatic heterocycles. The predicted octanol–water partition coefficient (Wildman–Crippen LogP) is 6.17. The number of hydrogen-bond acceptors (Lipinski definition) is 4. The molecule has 1 atom stereocenters. The maximum Gasteiger partial charge on any atom is 0.268 e. The standard InChI is InChI=1S/C29H30N2O3S/c1-20-9-7-10-21(17-20)27(32)30-24(18-22-11-8-16-35-22)28(33)31-25-19-29(14-5-2-6-15-29)34-26-13-4-3-12-23(25)26/h3-4,7-13,16-18,25H,2,5-6,14-15,19H2,1H3,(H,30,32)(H,31,33)/b24-18-/t25-/m1/s1. The van der Waals surface area contributed by atoms with Gasteiger partial charge < -0.3 is 15.4 Å². The van der Waals surface area contributed by atoms with Crippen molar-refractivity contribution in [1.29, 1.82) is 0 Å². The first-order chi connectivity index (χ1) is 17.0. The molecule has 180 valence electrons. The summed E-state index contributed by atoms with van der Waals surface area (Å²) in [6.45, 7) is 1.94. The second-order valence-corrected chi connectivity index (χ2v) is 10.5. The number of benzene rings is 2. The van der Waals surface area contributed by atoms with Crippen molar-refractivity contribution >= 4 is 29.2 Å². The van der Waals surface area contributed by atoms with E-state index in [2.05, 4.69) is 10.6 Å². The third kappa shape index (κ3) is 5.33. The van der Waals surface area contributed by atoms with E-state index in [1.165, 1.54) is 17.8 Å². The van der Waals surface area contributed by atoms with Gasteiger partial charge in [-0.2, -0.15) is 0 Å². The smallest absolute Gasteiger partial charge is 0.268 e. The van der Waals surface area contributed by atoms with Gasteiger partial charge >= 0.3 is 0 Å². The Morgan fingerprint density at radius 3 is 2.63 bits per heavy atom.